The molecule has 1 atom stereocenters. The number of aromatic nitrogens is 2. The second kappa shape index (κ2) is 7.40. The summed E-state index contributed by atoms with van der Waals surface area (Å²) in [4.78, 5) is 4.68. The van der Waals surface area contributed by atoms with Gasteiger partial charge in [-0.25, -0.2) is 4.98 Å². The van der Waals surface area contributed by atoms with Crippen molar-refractivity contribution in [3.05, 3.63) is 66.0 Å². The van der Waals surface area contributed by atoms with E-state index in [0.717, 1.165) is 36.4 Å². The molecule has 1 heterocycles. The van der Waals surface area contributed by atoms with Crippen LogP contribution in [0.2, 0.25) is 0 Å². The Bertz CT molecular complexity index is 752. The summed E-state index contributed by atoms with van der Waals surface area (Å²) in [5.74, 6) is 1.35. The molecule has 1 unspecified atom stereocenters. The lowest BCUT2D eigenvalue weighted by molar-refractivity contribution is 0.273. The summed E-state index contributed by atoms with van der Waals surface area (Å²) in [6.07, 6.45) is 0.763. The van der Waals surface area contributed by atoms with Crippen LogP contribution in [0.4, 0.5) is 0 Å². The van der Waals surface area contributed by atoms with Crippen LogP contribution in [0, 0.1) is 0 Å². The normalized spacial score (nSPS) is 12.6. The number of aryl methyl sites for hydroxylation is 1. The quantitative estimate of drug-likeness (QED) is 0.705. The minimum atomic E-state index is 0.202. The highest BCUT2D eigenvalue weighted by Gasteiger charge is 2.12. The van der Waals surface area contributed by atoms with Gasteiger partial charge in [0.2, 0.25) is 0 Å². The van der Waals surface area contributed by atoms with Gasteiger partial charge in [-0.05, 0) is 30.0 Å². The monoisotopic (exact) mass is 309 g/mol. The maximum absolute atomic E-state index is 9.31. The minimum Gasteiger partial charge on any atom is -0.396 e. The van der Waals surface area contributed by atoms with Crippen LogP contribution >= 0.6 is 0 Å². The average molecular weight is 309 g/mol. The van der Waals surface area contributed by atoms with E-state index in [1.54, 1.807) is 0 Å². The highest BCUT2D eigenvalue weighted by Crippen LogP contribution is 2.19. The minimum absolute atomic E-state index is 0.202. The average Bonchev–Trinajstić information content (AvgIpc) is 2.91. The number of rotatable bonds is 7. The molecule has 0 saturated carbocycles. The molecule has 120 valence electrons. The fraction of sp³-hybridized carbons (Fsp3) is 0.316. The fourth-order valence-electron chi connectivity index (χ4n) is 2.98. The van der Waals surface area contributed by atoms with Crippen molar-refractivity contribution in [2.24, 2.45) is 7.05 Å². The topological polar surface area (TPSA) is 50.1 Å². The number of nitrogens with one attached hydrogen (secondary N) is 1. The van der Waals surface area contributed by atoms with Gasteiger partial charge in [0.1, 0.15) is 5.82 Å². The number of benzene rings is 2. The summed E-state index contributed by atoms with van der Waals surface area (Å²) in [6.45, 7) is 1.75. The number of para-hydroxylation sites is 2. The van der Waals surface area contributed by atoms with Gasteiger partial charge in [-0.1, -0.05) is 42.5 Å². The molecule has 4 heteroatoms. The molecule has 0 aliphatic carbocycles. The Morgan fingerprint density at radius 1 is 1.09 bits per heavy atom. The largest absolute Gasteiger partial charge is 0.396 e. The first kappa shape index (κ1) is 15.7. The van der Waals surface area contributed by atoms with E-state index >= 15 is 0 Å². The second-order valence-electron chi connectivity index (χ2n) is 5.83. The number of nitrogens with zero attached hydrogens (tertiary/aromatic N) is 2. The van der Waals surface area contributed by atoms with Crippen LogP contribution in [0.1, 0.15) is 23.7 Å². The molecule has 0 amide bonds. The van der Waals surface area contributed by atoms with Crippen molar-refractivity contribution < 1.29 is 5.11 Å². The van der Waals surface area contributed by atoms with Gasteiger partial charge >= 0.3 is 0 Å². The number of aliphatic hydroxyl groups is 1. The molecule has 0 spiro atoms. The van der Waals surface area contributed by atoms with Gasteiger partial charge in [-0.2, -0.15) is 0 Å². The maximum atomic E-state index is 9.31. The molecule has 0 saturated heterocycles. The zero-order valence-corrected chi connectivity index (χ0v) is 13.4. The van der Waals surface area contributed by atoms with Crippen molar-refractivity contribution in [3.8, 4) is 0 Å². The van der Waals surface area contributed by atoms with Crippen LogP contribution in [0.5, 0.6) is 0 Å². The molecule has 0 aliphatic rings. The van der Waals surface area contributed by atoms with Crippen LogP contribution in [0.15, 0.2) is 54.6 Å². The lowest BCUT2D eigenvalue weighted by Gasteiger charge is -2.17. The van der Waals surface area contributed by atoms with E-state index in [9.17, 15) is 5.11 Å². The molecule has 0 fully saturated rings. The third-order valence-corrected chi connectivity index (χ3v) is 4.30. The van der Waals surface area contributed by atoms with Crippen LogP contribution in [-0.4, -0.2) is 27.8 Å². The molecule has 23 heavy (non-hydrogen) atoms. The number of fused-ring (bicyclic) bond motifs is 1. The predicted molar refractivity (Wildman–Crippen MR) is 93.3 cm³/mol. The van der Waals surface area contributed by atoms with E-state index in [0.29, 0.717) is 5.92 Å². The van der Waals surface area contributed by atoms with Crippen molar-refractivity contribution >= 4 is 11.0 Å². The highest BCUT2D eigenvalue weighted by atomic mass is 16.3. The van der Waals surface area contributed by atoms with Crippen molar-refractivity contribution in [3.63, 3.8) is 0 Å². The molecule has 0 radical (unpaired) electrons. The summed E-state index contributed by atoms with van der Waals surface area (Å²) < 4.78 is 2.13. The van der Waals surface area contributed by atoms with Crippen molar-refractivity contribution in [2.45, 2.75) is 18.9 Å². The summed E-state index contributed by atoms with van der Waals surface area (Å²) in [5, 5.41) is 12.8. The molecule has 2 aromatic carbocycles. The van der Waals surface area contributed by atoms with Gasteiger partial charge in [-0.15, -0.1) is 0 Å². The number of hydrogen-bond acceptors (Lipinski definition) is 3. The third kappa shape index (κ3) is 3.60. The van der Waals surface area contributed by atoms with Gasteiger partial charge in [0.25, 0.3) is 0 Å². The Kier molecular flexibility index (Phi) is 5.05. The Hall–Kier alpha value is -2.17. The lowest BCUT2D eigenvalue weighted by Crippen LogP contribution is -2.23. The lowest BCUT2D eigenvalue weighted by atomic mass is 9.96. The second-order valence-corrected chi connectivity index (χ2v) is 5.83. The molecular weight excluding hydrogens is 286 g/mol. The van der Waals surface area contributed by atoms with Gasteiger partial charge in [0, 0.05) is 20.2 Å². The molecular formula is C19H23N3O. The van der Waals surface area contributed by atoms with E-state index < -0.39 is 0 Å². The van der Waals surface area contributed by atoms with E-state index in [1.165, 1.54) is 5.56 Å². The Morgan fingerprint density at radius 3 is 2.57 bits per heavy atom. The first-order valence-electron chi connectivity index (χ1n) is 8.06. The van der Waals surface area contributed by atoms with Crippen molar-refractivity contribution in [2.75, 3.05) is 13.2 Å². The van der Waals surface area contributed by atoms with E-state index in [4.69, 9.17) is 0 Å². The predicted octanol–water partition coefficient (Wildman–Crippen LogP) is 2.83. The Balaban J connectivity index is 1.66. The molecule has 4 nitrogen and oxygen atoms in total. The first-order chi connectivity index (χ1) is 11.3. The molecule has 2 N–H and O–H groups in total. The summed E-state index contributed by atoms with van der Waals surface area (Å²) in [6, 6.07) is 18.5. The molecule has 0 aliphatic heterocycles. The Morgan fingerprint density at radius 2 is 1.83 bits per heavy atom. The van der Waals surface area contributed by atoms with Gasteiger partial charge in [-0.3, -0.25) is 0 Å². The molecule has 3 rings (SSSR count). The van der Waals surface area contributed by atoms with E-state index in [-0.39, 0.29) is 6.61 Å². The fourth-order valence-corrected chi connectivity index (χ4v) is 2.98. The zero-order chi connectivity index (χ0) is 16.1. The summed E-state index contributed by atoms with van der Waals surface area (Å²) >= 11 is 0. The van der Waals surface area contributed by atoms with Crippen LogP contribution in [-0.2, 0) is 13.6 Å². The smallest absolute Gasteiger partial charge is 0.123 e. The summed E-state index contributed by atoms with van der Waals surface area (Å²) in [7, 11) is 2.05. The third-order valence-electron chi connectivity index (χ3n) is 4.30. The van der Waals surface area contributed by atoms with E-state index in [1.807, 2.05) is 36.4 Å². The SMILES string of the molecule is Cn1c(CNCC(CCO)c2ccccc2)nc2ccccc21. The standard InChI is InChI=1S/C19H23N3O/c1-22-18-10-6-5-9-17(18)21-19(22)14-20-13-16(11-12-23)15-7-3-2-4-8-15/h2-10,16,20,23H,11-14H2,1H3. The maximum Gasteiger partial charge on any atom is 0.123 e. The number of aliphatic hydroxyl groups excluding tert-OH is 1. The first-order valence-corrected chi connectivity index (χ1v) is 8.06. The molecule has 1 aromatic heterocycles. The highest BCUT2D eigenvalue weighted by molar-refractivity contribution is 5.75. The molecule has 0 bridgehead atoms. The van der Waals surface area contributed by atoms with Gasteiger partial charge in [0.05, 0.1) is 17.6 Å². The van der Waals surface area contributed by atoms with Crippen molar-refractivity contribution in [1.82, 2.24) is 14.9 Å². The van der Waals surface area contributed by atoms with E-state index in [2.05, 4.69) is 40.1 Å². The van der Waals surface area contributed by atoms with Crippen LogP contribution in [0.3, 0.4) is 0 Å². The van der Waals surface area contributed by atoms with Crippen LogP contribution < -0.4 is 5.32 Å². The number of hydrogen-bond donors (Lipinski definition) is 2. The van der Waals surface area contributed by atoms with Crippen molar-refractivity contribution in [1.29, 1.82) is 0 Å². The Labute approximate surface area is 136 Å². The molecule has 3 aromatic rings. The number of imidazole rings is 1. The van der Waals surface area contributed by atoms with Gasteiger partial charge < -0.3 is 15.0 Å². The zero-order valence-electron chi connectivity index (χ0n) is 13.4. The van der Waals surface area contributed by atoms with Crippen LogP contribution in [0.25, 0.3) is 11.0 Å². The van der Waals surface area contributed by atoms with Gasteiger partial charge in [0.15, 0.2) is 0 Å². The summed E-state index contributed by atoms with van der Waals surface area (Å²) in [5.41, 5.74) is 3.44.